The average molecular weight is 293 g/mol. The van der Waals surface area contributed by atoms with E-state index >= 15 is 0 Å². The van der Waals surface area contributed by atoms with Crippen LogP contribution >= 0.6 is 0 Å². The minimum atomic E-state index is -0.716. The Kier molecular flexibility index (Phi) is 3.30. The lowest BCUT2D eigenvalue weighted by molar-refractivity contribution is -0.127. The van der Waals surface area contributed by atoms with E-state index in [2.05, 4.69) is 10.6 Å². The van der Waals surface area contributed by atoms with Crippen LogP contribution in [-0.2, 0) is 9.53 Å². The standard InChI is InChI=1S/C13H15N3O5/c14-11(17)4-13(5-19-6-13)16-12(18)15-8-1-2-9-10(3-8)21-7-20-9/h1-3H,4-7H2,(H2,14,17)(H2,15,16,18). The zero-order chi connectivity index (χ0) is 14.9. The fourth-order valence-corrected chi connectivity index (χ4v) is 2.28. The van der Waals surface area contributed by atoms with E-state index in [-0.39, 0.29) is 26.4 Å². The Morgan fingerprint density at radius 3 is 2.67 bits per heavy atom. The molecule has 1 fully saturated rings. The van der Waals surface area contributed by atoms with Crippen LogP contribution in [0.5, 0.6) is 11.5 Å². The number of primary amides is 1. The Bertz CT molecular complexity index is 585. The topological polar surface area (TPSA) is 112 Å². The molecule has 2 aliphatic heterocycles. The summed E-state index contributed by atoms with van der Waals surface area (Å²) in [6.45, 7) is 0.707. The summed E-state index contributed by atoms with van der Waals surface area (Å²) in [5, 5.41) is 5.40. The van der Waals surface area contributed by atoms with E-state index in [9.17, 15) is 9.59 Å². The number of urea groups is 1. The summed E-state index contributed by atoms with van der Waals surface area (Å²) >= 11 is 0. The Balaban J connectivity index is 1.62. The number of ether oxygens (including phenoxy) is 3. The first-order valence-corrected chi connectivity index (χ1v) is 6.41. The van der Waals surface area contributed by atoms with Crippen LogP contribution in [0.3, 0.4) is 0 Å². The zero-order valence-corrected chi connectivity index (χ0v) is 11.2. The summed E-state index contributed by atoms with van der Waals surface area (Å²) in [6, 6.07) is 4.65. The van der Waals surface area contributed by atoms with Crippen molar-refractivity contribution in [1.82, 2.24) is 5.32 Å². The van der Waals surface area contributed by atoms with Crippen molar-refractivity contribution in [1.29, 1.82) is 0 Å². The number of carbonyl (C=O) groups excluding carboxylic acids is 2. The van der Waals surface area contributed by atoms with Crippen LogP contribution in [0, 0.1) is 0 Å². The van der Waals surface area contributed by atoms with Crippen molar-refractivity contribution in [2.45, 2.75) is 12.0 Å². The molecule has 2 aliphatic rings. The second kappa shape index (κ2) is 5.13. The number of carbonyl (C=O) groups is 2. The number of fused-ring (bicyclic) bond motifs is 1. The lowest BCUT2D eigenvalue weighted by atomic mass is 9.93. The summed E-state index contributed by atoms with van der Waals surface area (Å²) in [4.78, 5) is 23.0. The molecule has 8 nitrogen and oxygen atoms in total. The number of nitrogens with one attached hydrogen (secondary N) is 2. The van der Waals surface area contributed by atoms with Crippen LogP contribution in [0.1, 0.15) is 6.42 Å². The fourth-order valence-electron chi connectivity index (χ4n) is 2.28. The Labute approximate surface area is 120 Å². The lowest BCUT2D eigenvalue weighted by Crippen LogP contribution is -2.64. The second-order valence-electron chi connectivity index (χ2n) is 5.06. The van der Waals surface area contributed by atoms with Gasteiger partial charge in [-0.1, -0.05) is 0 Å². The van der Waals surface area contributed by atoms with Crippen LogP contribution < -0.4 is 25.8 Å². The van der Waals surface area contributed by atoms with Crippen LogP contribution in [0.4, 0.5) is 10.5 Å². The van der Waals surface area contributed by atoms with Gasteiger partial charge in [0.25, 0.3) is 0 Å². The molecule has 8 heteroatoms. The van der Waals surface area contributed by atoms with E-state index < -0.39 is 17.5 Å². The summed E-state index contributed by atoms with van der Waals surface area (Å²) < 4.78 is 15.5. The highest BCUT2D eigenvalue weighted by atomic mass is 16.7. The molecule has 0 spiro atoms. The number of amides is 3. The molecule has 3 rings (SSSR count). The van der Waals surface area contributed by atoms with Crippen molar-refractivity contribution in [3.63, 3.8) is 0 Å². The fraction of sp³-hybridized carbons (Fsp3) is 0.385. The Morgan fingerprint density at radius 2 is 2.00 bits per heavy atom. The number of rotatable bonds is 4. The van der Waals surface area contributed by atoms with Crippen molar-refractivity contribution in [2.75, 3.05) is 25.3 Å². The maximum atomic E-state index is 12.0. The third-order valence-electron chi connectivity index (χ3n) is 3.28. The van der Waals surface area contributed by atoms with Crippen molar-refractivity contribution < 1.29 is 23.8 Å². The normalized spacial score (nSPS) is 17.7. The molecular formula is C13H15N3O5. The molecule has 0 unspecified atom stereocenters. The number of hydrogen-bond acceptors (Lipinski definition) is 5. The molecule has 0 saturated carbocycles. The average Bonchev–Trinajstić information content (AvgIpc) is 2.82. The van der Waals surface area contributed by atoms with Crippen LogP contribution in [0.15, 0.2) is 18.2 Å². The maximum absolute atomic E-state index is 12.0. The minimum Gasteiger partial charge on any atom is -0.454 e. The number of hydrogen-bond donors (Lipinski definition) is 3. The molecule has 3 amide bonds. The predicted octanol–water partition coefficient (Wildman–Crippen LogP) is 0.181. The molecule has 21 heavy (non-hydrogen) atoms. The molecule has 4 N–H and O–H groups in total. The van der Waals surface area contributed by atoms with Gasteiger partial charge >= 0.3 is 6.03 Å². The summed E-state index contributed by atoms with van der Waals surface area (Å²) in [5.74, 6) is 0.729. The minimum absolute atomic E-state index is 0.0432. The van der Waals surface area contributed by atoms with Crippen molar-refractivity contribution in [2.24, 2.45) is 5.73 Å². The van der Waals surface area contributed by atoms with E-state index in [1.54, 1.807) is 18.2 Å². The molecule has 1 aromatic rings. The van der Waals surface area contributed by atoms with Gasteiger partial charge < -0.3 is 30.6 Å². The lowest BCUT2D eigenvalue weighted by Gasteiger charge is -2.41. The number of anilines is 1. The molecule has 0 radical (unpaired) electrons. The van der Waals surface area contributed by atoms with Gasteiger partial charge in [-0.2, -0.15) is 0 Å². The van der Waals surface area contributed by atoms with Gasteiger partial charge in [-0.3, -0.25) is 4.79 Å². The molecule has 2 heterocycles. The van der Waals surface area contributed by atoms with Crippen LogP contribution in [-0.4, -0.2) is 37.5 Å². The van der Waals surface area contributed by atoms with E-state index in [0.717, 1.165) is 0 Å². The van der Waals surface area contributed by atoms with Crippen molar-refractivity contribution >= 4 is 17.6 Å². The number of benzene rings is 1. The summed E-state index contributed by atoms with van der Waals surface area (Å²) in [5.41, 5.74) is 5.03. The van der Waals surface area contributed by atoms with Crippen molar-refractivity contribution in [3.05, 3.63) is 18.2 Å². The summed E-state index contributed by atoms with van der Waals surface area (Å²) in [7, 11) is 0. The molecule has 0 aliphatic carbocycles. The van der Waals surface area contributed by atoms with Gasteiger partial charge in [0.1, 0.15) is 0 Å². The van der Waals surface area contributed by atoms with Crippen LogP contribution in [0.25, 0.3) is 0 Å². The largest absolute Gasteiger partial charge is 0.454 e. The highest BCUT2D eigenvalue weighted by molar-refractivity contribution is 5.91. The van der Waals surface area contributed by atoms with E-state index in [4.69, 9.17) is 19.9 Å². The van der Waals surface area contributed by atoms with E-state index in [1.165, 1.54) is 0 Å². The van der Waals surface area contributed by atoms with Gasteiger partial charge in [0.05, 0.1) is 25.2 Å². The van der Waals surface area contributed by atoms with E-state index in [1.807, 2.05) is 0 Å². The quantitative estimate of drug-likeness (QED) is 0.733. The monoisotopic (exact) mass is 293 g/mol. The second-order valence-corrected chi connectivity index (χ2v) is 5.06. The first-order valence-electron chi connectivity index (χ1n) is 6.41. The van der Waals surface area contributed by atoms with Gasteiger partial charge in [0.15, 0.2) is 11.5 Å². The SMILES string of the molecule is NC(=O)CC1(NC(=O)Nc2ccc3c(c2)OCO3)COC1. The van der Waals surface area contributed by atoms with Gasteiger partial charge in [0, 0.05) is 11.8 Å². The maximum Gasteiger partial charge on any atom is 0.319 e. The Hall–Kier alpha value is -2.48. The first-order chi connectivity index (χ1) is 10.1. The third-order valence-corrected chi connectivity index (χ3v) is 3.28. The van der Waals surface area contributed by atoms with Crippen LogP contribution in [0.2, 0.25) is 0 Å². The predicted molar refractivity (Wildman–Crippen MR) is 72.1 cm³/mol. The molecule has 112 valence electrons. The van der Waals surface area contributed by atoms with Gasteiger partial charge in [-0.15, -0.1) is 0 Å². The highest BCUT2D eigenvalue weighted by Gasteiger charge is 2.41. The molecular weight excluding hydrogens is 278 g/mol. The molecule has 1 aromatic carbocycles. The summed E-state index contributed by atoms with van der Waals surface area (Å²) in [6.07, 6.45) is 0.0432. The first kappa shape index (κ1) is 13.5. The van der Waals surface area contributed by atoms with Gasteiger partial charge in [-0.05, 0) is 12.1 Å². The number of nitrogens with two attached hydrogens (primary N) is 1. The smallest absolute Gasteiger partial charge is 0.319 e. The molecule has 0 atom stereocenters. The molecule has 1 saturated heterocycles. The Morgan fingerprint density at radius 1 is 1.24 bits per heavy atom. The van der Waals surface area contributed by atoms with Gasteiger partial charge in [0.2, 0.25) is 12.7 Å². The van der Waals surface area contributed by atoms with Gasteiger partial charge in [-0.25, -0.2) is 4.79 Å². The van der Waals surface area contributed by atoms with Crippen molar-refractivity contribution in [3.8, 4) is 11.5 Å². The zero-order valence-electron chi connectivity index (χ0n) is 11.2. The highest BCUT2D eigenvalue weighted by Crippen LogP contribution is 2.34. The molecule has 0 aromatic heterocycles. The molecule has 0 bridgehead atoms. The van der Waals surface area contributed by atoms with E-state index in [0.29, 0.717) is 17.2 Å². The third kappa shape index (κ3) is 2.84.